The third-order valence-corrected chi connectivity index (χ3v) is 7.29. The summed E-state index contributed by atoms with van der Waals surface area (Å²) in [6, 6.07) is 9.44. The number of likely N-dealkylation sites (tertiary alicyclic amines) is 1. The Morgan fingerprint density at radius 3 is 2.27 bits per heavy atom. The monoisotopic (exact) mass is 445 g/mol. The molecule has 4 nitrogen and oxygen atoms in total. The lowest BCUT2D eigenvalue weighted by molar-refractivity contribution is -0.137. The van der Waals surface area contributed by atoms with Crippen molar-refractivity contribution in [3.63, 3.8) is 0 Å². The molecule has 2 aromatic rings. The summed E-state index contributed by atoms with van der Waals surface area (Å²) in [6.07, 6.45) is -3.58. The highest BCUT2D eigenvalue weighted by Gasteiger charge is 2.37. The standard InChI is InChI=1S/C21H23F4NO3S/c22-18-5-7-19(8-6-18)30(28,29)14-2-11-26-12-9-20(27,10-13-26)16-3-1-4-17(15-16)21(23,24)25/h1,3-8,15,27H,2,9-14H2. The first-order chi connectivity index (χ1) is 14.0. The van der Waals surface area contributed by atoms with E-state index in [0.717, 1.165) is 24.3 Å². The third-order valence-electron chi connectivity index (χ3n) is 5.47. The van der Waals surface area contributed by atoms with E-state index in [1.807, 2.05) is 4.90 Å². The molecule has 1 heterocycles. The van der Waals surface area contributed by atoms with E-state index in [-0.39, 0.29) is 29.1 Å². The molecule has 0 saturated carbocycles. The zero-order valence-corrected chi connectivity index (χ0v) is 17.0. The molecule has 3 rings (SSSR count). The fraction of sp³-hybridized carbons (Fsp3) is 0.429. The van der Waals surface area contributed by atoms with Crippen LogP contribution >= 0.6 is 0 Å². The van der Waals surface area contributed by atoms with Crippen molar-refractivity contribution in [3.8, 4) is 0 Å². The predicted molar refractivity (Wildman–Crippen MR) is 104 cm³/mol. The number of nitrogens with zero attached hydrogens (tertiary/aromatic N) is 1. The summed E-state index contributed by atoms with van der Waals surface area (Å²) in [4.78, 5) is 2.06. The van der Waals surface area contributed by atoms with Crippen LogP contribution in [0.1, 0.15) is 30.4 Å². The van der Waals surface area contributed by atoms with E-state index < -0.39 is 33.0 Å². The van der Waals surface area contributed by atoms with Gasteiger partial charge in [-0.1, -0.05) is 12.1 Å². The minimum Gasteiger partial charge on any atom is -0.385 e. The number of piperidine rings is 1. The second-order valence-electron chi connectivity index (χ2n) is 7.58. The summed E-state index contributed by atoms with van der Waals surface area (Å²) < 4.78 is 76.4. The van der Waals surface area contributed by atoms with Gasteiger partial charge in [0.25, 0.3) is 0 Å². The number of aliphatic hydroxyl groups is 1. The van der Waals surface area contributed by atoms with Crippen LogP contribution in [0.3, 0.4) is 0 Å². The van der Waals surface area contributed by atoms with Gasteiger partial charge in [-0.2, -0.15) is 13.2 Å². The second-order valence-corrected chi connectivity index (χ2v) is 9.69. The topological polar surface area (TPSA) is 57.6 Å². The number of hydrogen-bond acceptors (Lipinski definition) is 4. The zero-order valence-electron chi connectivity index (χ0n) is 16.2. The Hall–Kier alpha value is -1.97. The van der Waals surface area contributed by atoms with Gasteiger partial charge < -0.3 is 10.0 Å². The number of benzene rings is 2. The van der Waals surface area contributed by atoms with E-state index in [0.29, 0.717) is 26.1 Å². The molecule has 0 bridgehead atoms. The molecule has 1 aliphatic rings. The van der Waals surface area contributed by atoms with Crippen LogP contribution in [0.2, 0.25) is 0 Å². The first kappa shape index (κ1) is 22.7. The summed E-state index contributed by atoms with van der Waals surface area (Å²) in [6.45, 7) is 1.38. The van der Waals surface area contributed by atoms with Crippen molar-refractivity contribution in [1.29, 1.82) is 0 Å². The average molecular weight is 445 g/mol. The first-order valence-corrected chi connectivity index (χ1v) is 11.3. The van der Waals surface area contributed by atoms with Gasteiger partial charge in [0.15, 0.2) is 9.84 Å². The molecule has 0 radical (unpaired) electrons. The molecular weight excluding hydrogens is 422 g/mol. The maximum atomic E-state index is 13.0. The van der Waals surface area contributed by atoms with Crippen LogP contribution in [-0.2, 0) is 21.6 Å². The van der Waals surface area contributed by atoms with E-state index in [1.54, 1.807) is 0 Å². The highest BCUT2D eigenvalue weighted by molar-refractivity contribution is 7.91. The molecule has 9 heteroatoms. The molecule has 1 fully saturated rings. The molecule has 164 valence electrons. The molecule has 0 unspecified atom stereocenters. The van der Waals surface area contributed by atoms with Crippen LogP contribution in [0.5, 0.6) is 0 Å². The molecule has 1 aliphatic heterocycles. The predicted octanol–water partition coefficient (Wildman–Crippen LogP) is 3.99. The van der Waals surface area contributed by atoms with Gasteiger partial charge in [-0.05, 0) is 67.8 Å². The van der Waals surface area contributed by atoms with Crippen molar-refractivity contribution in [2.45, 2.75) is 35.9 Å². The lowest BCUT2D eigenvalue weighted by Crippen LogP contribution is -2.43. The van der Waals surface area contributed by atoms with E-state index in [2.05, 4.69) is 0 Å². The number of halogens is 4. The Labute approximate surface area is 173 Å². The Morgan fingerprint density at radius 2 is 1.67 bits per heavy atom. The summed E-state index contributed by atoms with van der Waals surface area (Å²) in [5.74, 6) is -0.594. The fourth-order valence-electron chi connectivity index (χ4n) is 3.66. The van der Waals surface area contributed by atoms with Gasteiger partial charge >= 0.3 is 6.18 Å². The third kappa shape index (κ3) is 5.39. The molecule has 1 N–H and O–H groups in total. The summed E-state index contributed by atoms with van der Waals surface area (Å²) in [7, 11) is -3.51. The van der Waals surface area contributed by atoms with E-state index >= 15 is 0 Å². The minimum absolute atomic E-state index is 0.0708. The van der Waals surface area contributed by atoms with Gasteiger partial charge in [0, 0.05) is 13.1 Å². The summed E-state index contributed by atoms with van der Waals surface area (Å²) >= 11 is 0. The van der Waals surface area contributed by atoms with Crippen molar-refractivity contribution < 1.29 is 31.1 Å². The molecule has 2 aromatic carbocycles. The van der Waals surface area contributed by atoms with Crippen molar-refractivity contribution in [2.75, 3.05) is 25.4 Å². The molecule has 30 heavy (non-hydrogen) atoms. The Morgan fingerprint density at radius 1 is 1.03 bits per heavy atom. The van der Waals surface area contributed by atoms with Crippen LogP contribution < -0.4 is 0 Å². The fourth-order valence-corrected chi connectivity index (χ4v) is 4.95. The number of hydrogen-bond donors (Lipinski definition) is 1. The highest BCUT2D eigenvalue weighted by Crippen LogP contribution is 2.36. The van der Waals surface area contributed by atoms with Crippen molar-refractivity contribution in [2.24, 2.45) is 0 Å². The van der Waals surface area contributed by atoms with Crippen LogP contribution in [0.4, 0.5) is 17.6 Å². The van der Waals surface area contributed by atoms with Crippen molar-refractivity contribution in [3.05, 3.63) is 65.5 Å². The smallest absolute Gasteiger partial charge is 0.385 e. The molecule has 0 aliphatic carbocycles. The number of sulfone groups is 1. The zero-order chi connectivity index (χ0) is 22.0. The molecule has 0 atom stereocenters. The highest BCUT2D eigenvalue weighted by atomic mass is 32.2. The van der Waals surface area contributed by atoms with E-state index in [9.17, 15) is 31.1 Å². The largest absolute Gasteiger partial charge is 0.416 e. The van der Waals surface area contributed by atoms with Gasteiger partial charge in [-0.3, -0.25) is 0 Å². The van der Waals surface area contributed by atoms with Gasteiger partial charge in [0.1, 0.15) is 5.82 Å². The Balaban J connectivity index is 1.54. The number of alkyl halides is 3. The van der Waals surface area contributed by atoms with Crippen LogP contribution in [0.15, 0.2) is 53.4 Å². The second kappa shape index (κ2) is 8.64. The SMILES string of the molecule is O=S(=O)(CCCN1CCC(O)(c2cccc(C(F)(F)F)c2)CC1)c1ccc(F)cc1. The molecular formula is C21H23F4NO3S. The summed E-state index contributed by atoms with van der Waals surface area (Å²) in [5, 5.41) is 10.9. The van der Waals surface area contributed by atoms with Gasteiger partial charge in [-0.15, -0.1) is 0 Å². The van der Waals surface area contributed by atoms with Crippen LogP contribution in [0.25, 0.3) is 0 Å². The Kier molecular flexibility index (Phi) is 6.54. The normalized spacial score (nSPS) is 17.8. The van der Waals surface area contributed by atoms with Gasteiger partial charge in [0.2, 0.25) is 0 Å². The quantitative estimate of drug-likeness (QED) is 0.540. The van der Waals surface area contributed by atoms with E-state index in [1.165, 1.54) is 24.3 Å². The molecule has 0 amide bonds. The maximum absolute atomic E-state index is 13.0. The van der Waals surface area contributed by atoms with Crippen LogP contribution in [-0.4, -0.2) is 43.8 Å². The van der Waals surface area contributed by atoms with Gasteiger partial charge in [0.05, 0.1) is 21.8 Å². The first-order valence-electron chi connectivity index (χ1n) is 9.60. The van der Waals surface area contributed by atoms with Crippen molar-refractivity contribution in [1.82, 2.24) is 4.90 Å². The average Bonchev–Trinajstić information content (AvgIpc) is 2.69. The summed E-state index contributed by atoms with van der Waals surface area (Å²) in [5.41, 5.74) is -1.88. The molecule has 0 aromatic heterocycles. The van der Waals surface area contributed by atoms with Crippen LogP contribution in [0, 0.1) is 5.82 Å². The molecule has 1 saturated heterocycles. The minimum atomic E-state index is -4.47. The van der Waals surface area contributed by atoms with Crippen molar-refractivity contribution >= 4 is 9.84 Å². The maximum Gasteiger partial charge on any atom is 0.416 e. The lowest BCUT2D eigenvalue weighted by atomic mass is 9.83. The molecule has 0 spiro atoms. The number of rotatable bonds is 6. The lowest BCUT2D eigenvalue weighted by Gasteiger charge is -2.38. The van der Waals surface area contributed by atoms with E-state index in [4.69, 9.17) is 0 Å². The Bertz CT molecular complexity index is 966. The van der Waals surface area contributed by atoms with Gasteiger partial charge in [-0.25, -0.2) is 12.8 Å².